The summed E-state index contributed by atoms with van der Waals surface area (Å²) in [6.07, 6.45) is -4.53. The van der Waals surface area contributed by atoms with Gasteiger partial charge in [0.25, 0.3) is 0 Å². The van der Waals surface area contributed by atoms with Crippen molar-refractivity contribution in [2.75, 3.05) is 6.61 Å². The van der Waals surface area contributed by atoms with Gasteiger partial charge in [0.2, 0.25) is 0 Å². The topological polar surface area (TPSA) is 63.6 Å². The second-order valence-corrected chi connectivity index (χ2v) is 7.86. The first-order valence-electron chi connectivity index (χ1n) is 10.1. The van der Waals surface area contributed by atoms with Crippen LogP contribution in [-0.4, -0.2) is 23.7 Å². The molecule has 0 heterocycles. The van der Waals surface area contributed by atoms with E-state index >= 15 is 0 Å². The van der Waals surface area contributed by atoms with Gasteiger partial charge in [-0.1, -0.05) is 60.7 Å². The molecule has 1 atom stereocenters. The molecule has 0 amide bonds. The van der Waals surface area contributed by atoms with Crippen LogP contribution in [0.15, 0.2) is 72.8 Å². The van der Waals surface area contributed by atoms with Crippen molar-refractivity contribution in [2.45, 2.75) is 24.3 Å². The quantitative estimate of drug-likeness (QED) is 0.322. The molecule has 33 heavy (non-hydrogen) atoms. The Bertz CT molecular complexity index is 1130. The Morgan fingerprint density at radius 2 is 1.58 bits per heavy atom. The second kappa shape index (κ2) is 10.6. The summed E-state index contributed by atoms with van der Waals surface area (Å²) in [4.78, 5) is 23.6. The standard InChI is InChI=1S/C25H21F3O4S/c26-25(27,28)21-8-4-1-5-17(21)13-14-32-22(29)15-16-9-11-18(12-10-16)23(33)19-6-2-3-7-20(19)24(30)31/h1-12,23,33H,13-15H2,(H,30,31). The highest BCUT2D eigenvalue weighted by Gasteiger charge is 2.32. The number of carboxylic acid groups (broad SMARTS) is 1. The lowest BCUT2D eigenvalue weighted by molar-refractivity contribution is -0.142. The van der Waals surface area contributed by atoms with Crippen molar-refractivity contribution < 1.29 is 32.6 Å². The van der Waals surface area contributed by atoms with E-state index < -0.39 is 28.9 Å². The first kappa shape index (κ1) is 24.4. The van der Waals surface area contributed by atoms with Gasteiger partial charge in [-0.3, -0.25) is 4.79 Å². The van der Waals surface area contributed by atoms with Crippen LogP contribution < -0.4 is 0 Å². The van der Waals surface area contributed by atoms with Crippen LogP contribution >= 0.6 is 12.6 Å². The summed E-state index contributed by atoms with van der Waals surface area (Å²) in [5.74, 6) is -1.59. The Balaban J connectivity index is 1.58. The van der Waals surface area contributed by atoms with Crippen molar-refractivity contribution in [3.63, 3.8) is 0 Å². The van der Waals surface area contributed by atoms with Crippen LogP contribution in [0.3, 0.4) is 0 Å². The molecule has 3 aromatic carbocycles. The molecule has 0 fully saturated rings. The normalized spacial score (nSPS) is 12.2. The number of carbonyl (C=O) groups excluding carboxylic acids is 1. The predicted octanol–water partition coefficient (Wildman–Crippen LogP) is 5.75. The zero-order valence-corrected chi connectivity index (χ0v) is 18.3. The van der Waals surface area contributed by atoms with Gasteiger partial charge < -0.3 is 9.84 Å². The first-order valence-corrected chi connectivity index (χ1v) is 10.6. The van der Waals surface area contributed by atoms with Crippen molar-refractivity contribution in [1.82, 2.24) is 0 Å². The van der Waals surface area contributed by atoms with E-state index in [0.717, 1.165) is 11.6 Å². The number of benzene rings is 3. The number of aromatic carboxylic acids is 1. The molecule has 3 aromatic rings. The third-order valence-corrected chi connectivity index (χ3v) is 5.66. The van der Waals surface area contributed by atoms with Crippen molar-refractivity contribution in [2.24, 2.45) is 0 Å². The molecule has 0 aliphatic rings. The van der Waals surface area contributed by atoms with Gasteiger partial charge in [-0.2, -0.15) is 25.8 Å². The van der Waals surface area contributed by atoms with E-state index in [1.165, 1.54) is 24.3 Å². The number of rotatable bonds is 8. The fourth-order valence-corrected chi connectivity index (χ4v) is 3.83. The zero-order valence-electron chi connectivity index (χ0n) is 17.4. The fourth-order valence-electron chi connectivity index (χ4n) is 3.43. The SMILES string of the molecule is O=C(Cc1ccc(C(S)c2ccccc2C(=O)O)cc1)OCCc1ccccc1C(F)(F)F. The Kier molecular flexibility index (Phi) is 7.81. The van der Waals surface area contributed by atoms with Crippen molar-refractivity contribution in [1.29, 1.82) is 0 Å². The summed E-state index contributed by atoms with van der Waals surface area (Å²) in [6, 6.07) is 18.7. The molecule has 0 spiro atoms. The highest BCUT2D eigenvalue weighted by molar-refractivity contribution is 7.80. The molecule has 0 bridgehead atoms. The van der Waals surface area contributed by atoms with Crippen molar-refractivity contribution in [3.05, 3.63) is 106 Å². The zero-order chi connectivity index (χ0) is 24.0. The van der Waals surface area contributed by atoms with Gasteiger partial charge in [-0.25, -0.2) is 4.79 Å². The third-order valence-electron chi connectivity index (χ3n) is 5.09. The van der Waals surface area contributed by atoms with Crippen LogP contribution in [0.5, 0.6) is 0 Å². The van der Waals surface area contributed by atoms with Crippen LogP contribution in [0.4, 0.5) is 13.2 Å². The van der Waals surface area contributed by atoms with E-state index in [4.69, 9.17) is 4.74 Å². The Labute approximate surface area is 194 Å². The lowest BCUT2D eigenvalue weighted by atomic mass is 9.98. The maximum atomic E-state index is 13.0. The highest BCUT2D eigenvalue weighted by Crippen LogP contribution is 2.32. The number of alkyl halides is 3. The van der Waals surface area contributed by atoms with E-state index in [9.17, 15) is 27.9 Å². The monoisotopic (exact) mass is 474 g/mol. The molecular weight excluding hydrogens is 453 g/mol. The Morgan fingerprint density at radius 3 is 2.24 bits per heavy atom. The number of esters is 1. The van der Waals surface area contributed by atoms with Gasteiger partial charge in [-0.05, 0) is 34.4 Å². The maximum absolute atomic E-state index is 13.0. The minimum absolute atomic E-state index is 0.0370. The number of hydrogen-bond acceptors (Lipinski definition) is 4. The maximum Gasteiger partial charge on any atom is 0.416 e. The fraction of sp³-hybridized carbons (Fsp3) is 0.200. The van der Waals surface area contributed by atoms with Crippen LogP contribution in [0.2, 0.25) is 0 Å². The average molecular weight is 475 g/mol. The molecule has 0 aliphatic carbocycles. The smallest absolute Gasteiger partial charge is 0.416 e. The summed E-state index contributed by atoms with van der Waals surface area (Å²) in [7, 11) is 0. The third kappa shape index (κ3) is 6.38. The molecule has 1 N–H and O–H groups in total. The largest absolute Gasteiger partial charge is 0.478 e. The van der Waals surface area contributed by atoms with E-state index in [0.29, 0.717) is 11.1 Å². The molecular formula is C25H21F3O4S. The van der Waals surface area contributed by atoms with Gasteiger partial charge in [0.05, 0.1) is 29.4 Å². The summed E-state index contributed by atoms with van der Waals surface area (Å²) < 4.78 is 44.2. The number of hydrogen-bond donors (Lipinski definition) is 2. The summed E-state index contributed by atoms with van der Waals surface area (Å²) >= 11 is 4.55. The molecule has 0 saturated heterocycles. The highest BCUT2D eigenvalue weighted by atomic mass is 32.1. The molecule has 3 rings (SSSR count). The van der Waals surface area contributed by atoms with Crippen LogP contribution in [0, 0.1) is 0 Å². The van der Waals surface area contributed by atoms with E-state index in [1.54, 1.807) is 42.5 Å². The van der Waals surface area contributed by atoms with E-state index in [2.05, 4.69) is 12.6 Å². The lowest BCUT2D eigenvalue weighted by Crippen LogP contribution is -2.14. The van der Waals surface area contributed by atoms with E-state index in [-0.39, 0.29) is 30.6 Å². The molecule has 0 aromatic heterocycles. The summed E-state index contributed by atoms with van der Waals surface area (Å²) in [6.45, 7) is -0.158. The molecule has 172 valence electrons. The van der Waals surface area contributed by atoms with Crippen LogP contribution in [0.25, 0.3) is 0 Å². The van der Waals surface area contributed by atoms with Gasteiger partial charge in [0, 0.05) is 6.42 Å². The van der Waals surface area contributed by atoms with Gasteiger partial charge in [-0.15, -0.1) is 0 Å². The second-order valence-electron chi connectivity index (χ2n) is 7.34. The molecule has 0 radical (unpaired) electrons. The van der Waals surface area contributed by atoms with Gasteiger partial charge >= 0.3 is 18.1 Å². The van der Waals surface area contributed by atoms with Crippen LogP contribution in [-0.2, 0) is 28.5 Å². The van der Waals surface area contributed by atoms with Gasteiger partial charge in [0.1, 0.15) is 0 Å². The van der Waals surface area contributed by atoms with Crippen molar-refractivity contribution in [3.8, 4) is 0 Å². The first-order chi connectivity index (χ1) is 15.7. The predicted molar refractivity (Wildman–Crippen MR) is 120 cm³/mol. The number of carbonyl (C=O) groups is 2. The molecule has 1 unspecified atom stereocenters. The molecule has 0 aliphatic heterocycles. The molecule has 4 nitrogen and oxygen atoms in total. The number of carboxylic acids is 1. The number of thiol groups is 1. The summed E-state index contributed by atoms with van der Waals surface area (Å²) in [5, 5.41) is 8.90. The Morgan fingerprint density at radius 1 is 0.939 bits per heavy atom. The molecule has 8 heteroatoms. The average Bonchev–Trinajstić information content (AvgIpc) is 2.78. The van der Waals surface area contributed by atoms with Gasteiger partial charge in [0.15, 0.2) is 0 Å². The van der Waals surface area contributed by atoms with Crippen molar-refractivity contribution >= 4 is 24.6 Å². The minimum atomic E-state index is -4.46. The minimum Gasteiger partial charge on any atom is -0.478 e. The van der Waals surface area contributed by atoms with E-state index in [1.807, 2.05) is 0 Å². The van der Waals surface area contributed by atoms with Crippen LogP contribution in [0.1, 0.15) is 43.4 Å². The molecule has 0 saturated carbocycles. The summed E-state index contributed by atoms with van der Waals surface area (Å²) in [5.41, 5.74) is 1.47. The number of halogens is 3. The lowest BCUT2D eigenvalue weighted by Gasteiger charge is -2.15. The Hall–Kier alpha value is -3.26. The number of ether oxygens (including phenoxy) is 1.